The number of β-amino-alcohol motifs (C(OH)–C–C–N with tert-alkyl or cyclic N) is 1. The largest absolute Gasteiger partial charge is 0.435 e. The SMILES string of the molecule is C[C@H]1C(=O)N([C@H](CO)CCN2CCC3(CC3)[C@H](O)C2)CCN1C(=O)Nc1cccc(OC(F)F)c1. The molecule has 1 aromatic rings. The molecule has 1 saturated carbocycles. The summed E-state index contributed by atoms with van der Waals surface area (Å²) < 4.78 is 29.3. The van der Waals surface area contributed by atoms with Gasteiger partial charge < -0.3 is 35.0 Å². The molecule has 3 fully saturated rings. The number of benzene rings is 1. The Hall–Kier alpha value is -2.50. The molecule has 0 aromatic heterocycles. The summed E-state index contributed by atoms with van der Waals surface area (Å²) in [6.07, 6.45) is 3.45. The van der Waals surface area contributed by atoms with Crippen LogP contribution in [0.3, 0.4) is 0 Å². The number of carbonyl (C=O) groups is 2. The minimum Gasteiger partial charge on any atom is -0.435 e. The van der Waals surface area contributed by atoms with E-state index in [1.807, 2.05) is 0 Å². The van der Waals surface area contributed by atoms with Gasteiger partial charge in [-0.05, 0) is 56.7 Å². The van der Waals surface area contributed by atoms with Gasteiger partial charge in [-0.2, -0.15) is 8.78 Å². The average Bonchev–Trinajstić information content (AvgIpc) is 3.60. The number of nitrogens with one attached hydrogen (secondary N) is 1. The molecule has 35 heavy (non-hydrogen) atoms. The van der Waals surface area contributed by atoms with E-state index in [0.717, 1.165) is 25.8 Å². The van der Waals surface area contributed by atoms with Crippen LogP contribution in [-0.2, 0) is 4.79 Å². The van der Waals surface area contributed by atoms with Crippen molar-refractivity contribution >= 4 is 17.6 Å². The van der Waals surface area contributed by atoms with Gasteiger partial charge in [0.25, 0.3) is 0 Å². The van der Waals surface area contributed by atoms with Crippen molar-refractivity contribution in [3.63, 3.8) is 0 Å². The van der Waals surface area contributed by atoms with Gasteiger partial charge in [0.05, 0.1) is 18.8 Å². The standard InChI is InChI=1S/C24H34F2N4O5/c1-16-21(33)30(18(15-31)5-9-28-10-8-24(6-7-24)20(32)14-28)12-11-29(16)23(34)27-17-3-2-4-19(13-17)35-22(25)26/h2-4,13,16,18,20,22,31-32H,5-12,14-15H2,1H3,(H,27,34)/t16-,18-,20+/m0/s1. The maximum Gasteiger partial charge on any atom is 0.387 e. The van der Waals surface area contributed by atoms with Crippen molar-refractivity contribution in [3.8, 4) is 5.75 Å². The Morgan fingerprint density at radius 3 is 2.69 bits per heavy atom. The van der Waals surface area contributed by atoms with Crippen LogP contribution >= 0.6 is 0 Å². The third-order valence-electron chi connectivity index (χ3n) is 7.65. The molecule has 9 nitrogen and oxygen atoms in total. The molecule has 11 heteroatoms. The fourth-order valence-electron chi connectivity index (χ4n) is 5.18. The lowest BCUT2D eigenvalue weighted by Gasteiger charge is -2.43. The number of nitrogens with zero attached hydrogens (tertiary/aromatic N) is 3. The molecule has 3 aliphatic rings. The lowest BCUT2D eigenvalue weighted by Crippen LogP contribution is -2.61. The predicted molar refractivity (Wildman–Crippen MR) is 124 cm³/mol. The number of piperazine rings is 1. The smallest absolute Gasteiger partial charge is 0.387 e. The summed E-state index contributed by atoms with van der Waals surface area (Å²) in [5.74, 6) is -0.332. The normalized spacial score (nSPS) is 25.1. The first kappa shape index (κ1) is 25.6. The number of likely N-dealkylation sites (tertiary alicyclic amines) is 1. The number of amides is 3. The van der Waals surface area contributed by atoms with E-state index in [2.05, 4.69) is 15.0 Å². The van der Waals surface area contributed by atoms with Gasteiger partial charge in [0.2, 0.25) is 5.91 Å². The summed E-state index contributed by atoms with van der Waals surface area (Å²) in [5.41, 5.74) is 0.409. The van der Waals surface area contributed by atoms with Crippen molar-refractivity contribution in [2.75, 3.05) is 44.6 Å². The topological polar surface area (TPSA) is 106 Å². The first-order chi connectivity index (χ1) is 16.7. The Bertz CT molecular complexity index is 916. The van der Waals surface area contributed by atoms with E-state index in [4.69, 9.17) is 0 Å². The molecule has 194 valence electrons. The molecule has 3 atom stereocenters. The number of ether oxygens (including phenoxy) is 1. The van der Waals surface area contributed by atoms with Gasteiger partial charge in [0, 0.05) is 37.9 Å². The fraction of sp³-hybridized carbons (Fsp3) is 0.667. The summed E-state index contributed by atoms with van der Waals surface area (Å²) in [7, 11) is 0. The van der Waals surface area contributed by atoms with Crippen LogP contribution in [-0.4, -0.2) is 101 Å². The molecule has 2 heterocycles. The molecule has 4 rings (SSSR count). The summed E-state index contributed by atoms with van der Waals surface area (Å²) in [4.78, 5) is 31.1. The average molecular weight is 497 g/mol. The number of alkyl halides is 2. The number of anilines is 1. The highest BCUT2D eigenvalue weighted by atomic mass is 19.3. The second-order valence-electron chi connectivity index (χ2n) is 9.79. The number of aliphatic hydroxyl groups excluding tert-OH is 2. The molecule has 1 spiro atoms. The van der Waals surface area contributed by atoms with E-state index in [0.29, 0.717) is 19.5 Å². The van der Waals surface area contributed by atoms with Crippen molar-refractivity contribution in [2.24, 2.45) is 5.41 Å². The van der Waals surface area contributed by atoms with Gasteiger partial charge in [0.1, 0.15) is 11.8 Å². The number of halogens is 2. The number of piperidine rings is 1. The predicted octanol–water partition coefficient (Wildman–Crippen LogP) is 1.95. The summed E-state index contributed by atoms with van der Waals surface area (Å²) in [6.45, 7) is 1.25. The van der Waals surface area contributed by atoms with Crippen LogP contribution in [0.15, 0.2) is 24.3 Å². The maximum atomic E-state index is 13.1. The van der Waals surface area contributed by atoms with E-state index in [-0.39, 0.29) is 54.6 Å². The fourth-order valence-corrected chi connectivity index (χ4v) is 5.18. The first-order valence-electron chi connectivity index (χ1n) is 12.2. The van der Waals surface area contributed by atoms with Crippen LogP contribution in [0.1, 0.15) is 32.6 Å². The Kier molecular flexibility index (Phi) is 7.77. The zero-order chi connectivity index (χ0) is 25.2. The second-order valence-corrected chi connectivity index (χ2v) is 9.79. The van der Waals surface area contributed by atoms with Crippen LogP contribution < -0.4 is 10.1 Å². The third-order valence-corrected chi connectivity index (χ3v) is 7.65. The monoisotopic (exact) mass is 496 g/mol. The Morgan fingerprint density at radius 1 is 1.26 bits per heavy atom. The molecule has 2 aliphatic heterocycles. The van der Waals surface area contributed by atoms with Crippen molar-refractivity contribution in [1.82, 2.24) is 14.7 Å². The molecule has 2 saturated heterocycles. The summed E-state index contributed by atoms with van der Waals surface area (Å²) in [5, 5.41) is 23.0. The lowest BCUT2D eigenvalue weighted by molar-refractivity contribution is -0.143. The zero-order valence-corrected chi connectivity index (χ0v) is 19.9. The molecular formula is C24H34F2N4O5. The minimum absolute atomic E-state index is 0.0777. The van der Waals surface area contributed by atoms with Gasteiger partial charge >= 0.3 is 12.6 Å². The second kappa shape index (κ2) is 10.6. The van der Waals surface area contributed by atoms with E-state index in [1.165, 1.54) is 23.1 Å². The van der Waals surface area contributed by atoms with Crippen LogP contribution in [0.4, 0.5) is 19.3 Å². The lowest BCUT2D eigenvalue weighted by atomic mass is 9.90. The summed E-state index contributed by atoms with van der Waals surface area (Å²) in [6, 6.07) is 4.04. The van der Waals surface area contributed by atoms with Crippen LogP contribution in [0.2, 0.25) is 0 Å². The molecule has 0 bridgehead atoms. The number of carbonyl (C=O) groups excluding carboxylic acids is 2. The van der Waals surface area contributed by atoms with Crippen LogP contribution in [0, 0.1) is 5.41 Å². The Morgan fingerprint density at radius 2 is 2.03 bits per heavy atom. The maximum absolute atomic E-state index is 13.1. The van der Waals surface area contributed by atoms with Gasteiger partial charge in [-0.3, -0.25) is 4.79 Å². The minimum atomic E-state index is -2.97. The third kappa shape index (κ3) is 5.84. The highest BCUT2D eigenvalue weighted by Gasteiger charge is 2.51. The highest BCUT2D eigenvalue weighted by Crippen LogP contribution is 2.53. The van der Waals surface area contributed by atoms with Crippen molar-refractivity contribution in [1.29, 1.82) is 0 Å². The number of aliphatic hydroxyl groups is 2. The number of hydrogen-bond acceptors (Lipinski definition) is 6. The van der Waals surface area contributed by atoms with Gasteiger partial charge in [-0.1, -0.05) is 6.07 Å². The Labute approximate surface area is 203 Å². The van der Waals surface area contributed by atoms with Crippen molar-refractivity contribution < 1.29 is 33.3 Å². The van der Waals surface area contributed by atoms with Crippen LogP contribution in [0.25, 0.3) is 0 Å². The van der Waals surface area contributed by atoms with E-state index in [9.17, 15) is 28.6 Å². The van der Waals surface area contributed by atoms with Crippen molar-refractivity contribution in [3.05, 3.63) is 24.3 Å². The quantitative estimate of drug-likeness (QED) is 0.508. The molecule has 0 unspecified atom stereocenters. The first-order valence-corrected chi connectivity index (χ1v) is 12.2. The van der Waals surface area contributed by atoms with Gasteiger partial charge in [-0.25, -0.2) is 4.79 Å². The van der Waals surface area contributed by atoms with Gasteiger partial charge in [-0.15, -0.1) is 0 Å². The number of urea groups is 1. The number of rotatable bonds is 8. The zero-order valence-electron chi connectivity index (χ0n) is 19.9. The van der Waals surface area contributed by atoms with E-state index < -0.39 is 18.7 Å². The summed E-state index contributed by atoms with van der Waals surface area (Å²) >= 11 is 0. The highest BCUT2D eigenvalue weighted by molar-refractivity contribution is 5.94. The van der Waals surface area contributed by atoms with Gasteiger partial charge in [0.15, 0.2) is 0 Å². The van der Waals surface area contributed by atoms with E-state index >= 15 is 0 Å². The molecular weight excluding hydrogens is 462 g/mol. The molecule has 1 aromatic carbocycles. The molecule has 1 aliphatic carbocycles. The number of hydrogen-bond donors (Lipinski definition) is 3. The molecule has 0 radical (unpaired) electrons. The van der Waals surface area contributed by atoms with Crippen LogP contribution in [0.5, 0.6) is 5.75 Å². The van der Waals surface area contributed by atoms with Crippen molar-refractivity contribution in [2.45, 2.75) is 57.4 Å². The Balaban J connectivity index is 1.30. The van der Waals surface area contributed by atoms with E-state index in [1.54, 1.807) is 17.9 Å². The molecule has 3 amide bonds. The molecule has 3 N–H and O–H groups in total.